The molecule has 0 heterocycles. The van der Waals surface area contributed by atoms with Crippen LogP contribution in [0.3, 0.4) is 0 Å². The Morgan fingerprint density at radius 1 is 1.10 bits per heavy atom. The molecule has 0 saturated carbocycles. The van der Waals surface area contributed by atoms with Crippen LogP contribution in [0.15, 0.2) is 30.3 Å². The van der Waals surface area contributed by atoms with Crippen LogP contribution in [0, 0.1) is 0 Å². The van der Waals surface area contributed by atoms with Gasteiger partial charge in [-0.05, 0) is 0 Å². The molecule has 0 spiro atoms. The normalized spacial score (nSPS) is 8.20. The average molecular weight is 198 g/mol. The fraction of sp³-hybridized carbons (Fsp3) is 0.250. The number of hydrogen-bond acceptors (Lipinski definition) is 1. The van der Waals surface area contributed by atoms with Crippen LogP contribution in [0.2, 0.25) is 0 Å². The van der Waals surface area contributed by atoms with Gasteiger partial charge in [-0.2, -0.15) is 0 Å². The molecule has 1 aromatic carbocycles. The van der Waals surface area contributed by atoms with E-state index in [1.165, 1.54) is 0 Å². The molecule has 1 aromatic rings. The summed E-state index contributed by atoms with van der Waals surface area (Å²) in [5.74, 6) is 0. The van der Waals surface area contributed by atoms with Crippen molar-refractivity contribution in [3.8, 4) is 0 Å². The Morgan fingerprint density at radius 2 is 1.60 bits per heavy atom. The van der Waals surface area contributed by atoms with E-state index in [4.69, 9.17) is 0 Å². The second-order valence-corrected chi connectivity index (χ2v) is 2.89. The Labute approximate surface area is 68.4 Å². The standard InChI is InChI=1S/C6H5AsO.C2H6/c8-7-6-4-2-1-3-5-6;1-2/h1-5H;1-2H3. The molecule has 1 rings (SSSR count). The van der Waals surface area contributed by atoms with E-state index in [1.807, 2.05) is 44.2 Å². The van der Waals surface area contributed by atoms with Gasteiger partial charge in [0.1, 0.15) is 0 Å². The molecule has 10 heavy (non-hydrogen) atoms. The van der Waals surface area contributed by atoms with E-state index in [0.717, 1.165) is 4.35 Å². The average Bonchev–Trinajstić information content (AvgIpc) is 2.10. The minimum atomic E-state index is -0.818. The molecule has 0 saturated heterocycles. The summed E-state index contributed by atoms with van der Waals surface area (Å²) in [6.45, 7) is 4.00. The van der Waals surface area contributed by atoms with Crippen LogP contribution in [0.25, 0.3) is 0 Å². The molecule has 0 aliphatic heterocycles. The van der Waals surface area contributed by atoms with E-state index in [-0.39, 0.29) is 0 Å². The molecule has 0 fully saturated rings. The van der Waals surface area contributed by atoms with Gasteiger partial charge in [0.25, 0.3) is 0 Å². The van der Waals surface area contributed by atoms with Crippen LogP contribution in [0.1, 0.15) is 13.8 Å². The third-order valence-corrected chi connectivity index (χ3v) is 1.93. The maximum atomic E-state index is 10.2. The van der Waals surface area contributed by atoms with Crippen LogP contribution in [-0.4, -0.2) is 15.7 Å². The van der Waals surface area contributed by atoms with Gasteiger partial charge in [0, 0.05) is 0 Å². The van der Waals surface area contributed by atoms with Gasteiger partial charge in [-0.1, -0.05) is 13.8 Å². The first kappa shape index (κ1) is 9.58. The molecule has 1 nitrogen and oxygen atoms in total. The number of rotatable bonds is 1. The Hall–Kier alpha value is -0.422. The molecule has 0 aliphatic rings. The van der Waals surface area contributed by atoms with Gasteiger partial charge < -0.3 is 0 Å². The Morgan fingerprint density at radius 3 is 1.90 bits per heavy atom. The first-order valence-electron chi connectivity index (χ1n) is 3.32. The van der Waals surface area contributed by atoms with Crippen molar-refractivity contribution in [2.45, 2.75) is 13.8 Å². The van der Waals surface area contributed by atoms with Crippen LogP contribution in [0.5, 0.6) is 0 Å². The van der Waals surface area contributed by atoms with E-state index in [9.17, 15) is 3.74 Å². The Kier molecular flexibility index (Phi) is 6.41. The van der Waals surface area contributed by atoms with Crippen LogP contribution >= 0.6 is 0 Å². The summed E-state index contributed by atoms with van der Waals surface area (Å²) in [6, 6.07) is 9.44. The third kappa shape index (κ3) is 3.57. The maximum absolute atomic E-state index is 10.2. The van der Waals surface area contributed by atoms with Crippen molar-refractivity contribution < 1.29 is 3.74 Å². The third-order valence-electron chi connectivity index (χ3n) is 0.862. The SMILES string of the molecule is CC.O=[As]c1ccccc1. The molecule has 0 atom stereocenters. The van der Waals surface area contributed by atoms with Gasteiger partial charge in [-0.25, -0.2) is 0 Å². The van der Waals surface area contributed by atoms with Crippen molar-refractivity contribution in [1.82, 2.24) is 0 Å². The number of hydrogen-bond donors (Lipinski definition) is 0. The van der Waals surface area contributed by atoms with E-state index in [0.29, 0.717) is 0 Å². The first-order chi connectivity index (χ1) is 4.93. The van der Waals surface area contributed by atoms with E-state index >= 15 is 0 Å². The van der Waals surface area contributed by atoms with Gasteiger partial charge in [-0.3, -0.25) is 0 Å². The predicted molar refractivity (Wildman–Crippen MR) is 43.9 cm³/mol. The predicted octanol–water partition coefficient (Wildman–Crippen LogP) is 1.39. The molecule has 0 bridgehead atoms. The van der Waals surface area contributed by atoms with Crippen molar-refractivity contribution in [2.24, 2.45) is 0 Å². The fourth-order valence-corrected chi connectivity index (χ4v) is 1.11. The van der Waals surface area contributed by atoms with Gasteiger partial charge in [0.2, 0.25) is 0 Å². The van der Waals surface area contributed by atoms with Gasteiger partial charge >= 0.3 is 54.1 Å². The molecule has 0 aromatic heterocycles. The second-order valence-electron chi connectivity index (χ2n) is 1.43. The van der Waals surface area contributed by atoms with Gasteiger partial charge in [0.05, 0.1) is 0 Å². The summed E-state index contributed by atoms with van der Waals surface area (Å²) in [5.41, 5.74) is 0. The molecule has 0 aliphatic carbocycles. The molecule has 0 amide bonds. The number of benzene rings is 1. The van der Waals surface area contributed by atoms with Crippen molar-refractivity contribution in [3.05, 3.63) is 30.3 Å². The quantitative estimate of drug-likeness (QED) is 0.623. The minimum absolute atomic E-state index is 0.818. The summed E-state index contributed by atoms with van der Waals surface area (Å²) in [5, 5.41) is 0. The molecule has 0 unspecified atom stereocenters. The Bertz CT molecular complexity index is 172. The van der Waals surface area contributed by atoms with E-state index in [2.05, 4.69) is 0 Å². The van der Waals surface area contributed by atoms with Crippen LogP contribution < -0.4 is 4.35 Å². The molecular formula is C8H11AsO. The molecule has 2 heteroatoms. The zero-order chi connectivity index (χ0) is 7.82. The van der Waals surface area contributed by atoms with E-state index < -0.39 is 15.7 Å². The molecular weight excluding hydrogens is 187 g/mol. The second kappa shape index (κ2) is 6.70. The zero-order valence-corrected chi connectivity index (χ0v) is 8.12. The van der Waals surface area contributed by atoms with Crippen LogP contribution in [-0.2, 0) is 3.74 Å². The Balaban J connectivity index is 0.000000371. The van der Waals surface area contributed by atoms with E-state index in [1.54, 1.807) is 0 Å². The molecule has 0 N–H and O–H groups in total. The summed E-state index contributed by atoms with van der Waals surface area (Å²) >= 11 is -0.818. The monoisotopic (exact) mass is 198 g/mol. The van der Waals surface area contributed by atoms with Crippen molar-refractivity contribution >= 4 is 20.0 Å². The summed E-state index contributed by atoms with van der Waals surface area (Å²) < 4.78 is 11.2. The van der Waals surface area contributed by atoms with Crippen molar-refractivity contribution in [2.75, 3.05) is 0 Å². The summed E-state index contributed by atoms with van der Waals surface area (Å²) in [4.78, 5) is 0. The molecule has 0 radical (unpaired) electrons. The molecule has 54 valence electrons. The fourth-order valence-electron chi connectivity index (χ4n) is 0.489. The first-order valence-corrected chi connectivity index (χ1v) is 5.02. The topological polar surface area (TPSA) is 17.1 Å². The van der Waals surface area contributed by atoms with Crippen molar-refractivity contribution in [3.63, 3.8) is 0 Å². The van der Waals surface area contributed by atoms with Gasteiger partial charge in [-0.15, -0.1) is 0 Å². The van der Waals surface area contributed by atoms with Crippen molar-refractivity contribution in [1.29, 1.82) is 0 Å². The van der Waals surface area contributed by atoms with Gasteiger partial charge in [0.15, 0.2) is 0 Å². The zero-order valence-electron chi connectivity index (χ0n) is 6.24. The summed E-state index contributed by atoms with van der Waals surface area (Å²) in [6.07, 6.45) is 0. The summed E-state index contributed by atoms with van der Waals surface area (Å²) in [7, 11) is 0. The van der Waals surface area contributed by atoms with Crippen LogP contribution in [0.4, 0.5) is 0 Å².